The highest BCUT2D eigenvalue weighted by Crippen LogP contribution is 2.36. The Hall–Kier alpha value is -3.53. The Morgan fingerprint density at radius 1 is 1.02 bits per heavy atom. The van der Waals surface area contributed by atoms with Gasteiger partial charge in [0.1, 0.15) is 36.8 Å². The lowest BCUT2D eigenvalue weighted by molar-refractivity contribution is -0.327. The average molecular weight is 583 g/mol. The molecule has 1 aromatic carbocycles. The first-order valence-corrected chi connectivity index (χ1v) is 12.7. The Kier molecular flexibility index (Phi) is 11.6. The van der Waals surface area contributed by atoms with Crippen LogP contribution in [-0.4, -0.2) is 107 Å². The number of esters is 3. The summed E-state index contributed by atoms with van der Waals surface area (Å²) in [6, 6.07) is 6.36. The summed E-state index contributed by atoms with van der Waals surface area (Å²) >= 11 is 0. The molecule has 0 radical (unpaired) electrons. The van der Waals surface area contributed by atoms with Crippen LogP contribution in [0.25, 0.3) is 0 Å². The van der Waals surface area contributed by atoms with Crippen molar-refractivity contribution in [1.82, 2.24) is 0 Å². The van der Waals surface area contributed by atoms with Gasteiger partial charge in [-0.1, -0.05) is 12.1 Å². The Labute approximate surface area is 235 Å². The largest absolute Gasteiger partial charge is 0.508 e. The van der Waals surface area contributed by atoms with Gasteiger partial charge < -0.3 is 54.0 Å². The maximum atomic E-state index is 12.9. The minimum Gasteiger partial charge on any atom is -0.508 e. The number of aromatic hydroxyl groups is 1. The zero-order valence-electron chi connectivity index (χ0n) is 22.5. The topological polar surface area (TPSA) is 208 Å². The number of phenols is 1. The molecule has 0 bridgehead atoms. The van der Waals surface area contributed by atoms with Crippen LogP contribution in [0, 0.1) is 5.92 Å². The van der Waals surface area contributed by atoms with E-state index in [-0.39, 0.29) is 36.5 Å². The molecule has 5 N–H and O–H groups in total. The predicted molar refractivity (Wildman–Crippen MR) is 135 cm³/mol. The van der Waals surface area contributed by atoms with E-state index in [1.807, 2.05) is 0 Å². The standard InChI is InChI=1S/C27H34O14/c1-14(29)37-10-8-17-18(11-21(31)38-9-7-15-3-5-16(30)6-4-15)19(25(35)36-2)13-39-26(17)41-27-24(34)23(33)22(32)20(12-28)40-27/h3-6,8,13,18,20,22-24,26-28,30,32-34H,7,9-12H2,1-2H3. The molecule has 2 aliphatic rings. The number of carbonyl (C=O) groups excluding carboxylic acids is 3. The smallest absolute Gasteiger partial charge is 0.337 e. The molecule has 2 heterocycles. The normalized spacial score (nSPS) is 28.8. The fraction of sp³-hybridized carbons (Fsp3) is 0.519. The predicted octanol–water partition coefficient (Wildman–Crippen LogP) is -0.797. The lowest BCUT2D eigenvalue weighted by atomic mass is 9.86. The zero-order chi connectivity index (χ0) is 30.1. The molecule has 7 unspecified atom stereocenters. The lowest BCUT2D eigenvalue weighted by Gasteiger charge is -2.42. The molecular weight excluding hydrogens is 548 g/mol. The maximum absolute atomic E-state index is 12.9. The number of carbonyl (C=O) groups is 3. The van der Waals surface area contributed by atoms with Gasteiger partial charge in [0.15, 0.2) is 6.29 Å². The van der Waals surface area contributed by atoms with Gasteiger partial charge in [-0.15, -0.1) is 0 Å². The molecule has 226 valence electrons. The van der Waals surface area contributed by atoms with Crippen LogP contribution >= 0.6 is 0 Å². The van der Waals surface area contributed by atoms with Gasteiger partial charge in [-0.3, -0.25) is 9.59 Å². The second-order valence-corrected chi connectivity index (χ2v) is 9.27. The molecule has 0 aliphatic carbocycles. The fourth-order valence-electron chi connectivity index (χ4n) is 4.25. The van der Waals surface area contributed by atoms with Crippen LogP contribution in [0.2, 0.25) is 0 Å². The van der Waals surface area contributed by atoms with E-state index >= 15 is 0 Å². The molecule has 0 amide bonds. The number of rotatable bonds is 11. The third-order valence-corrected chi connectivity index (χ3v) is 6.46. The van der Waals surface area contributed by atoms with E-state index in [0.29, 0.717) is 6.42 Å². The first-order chi connectivity index (χ1) is 19.5. The van der Waals surface area contributed by atoms with Gasteiger partial charge in [0.25, 0.3) is 0 Å². The van der Waals surface area contributed by atoms with E-state index in [0.717, 1.165) is 18.9 Å². The van der Waals surface area contributed by atoms with Crippen LogP contribution in [0.4, 0.5) is 0 Å². The molecule has 2 aliphatic heterocycles. The minimum atomic E-state index is -1.76. The third-order valence-electron chi connectivity index (χ3n) is 6.46. The van der Waals surface area contributed by atoms with E-state index in [4.69, 9.17) is 28.4 Å². The Morgan fingerprint density at radius 2 is 1.73 bits per heavy atom. The van der Waals surface area contributed by atoms with E-state index < -0.39 is 67.4 Å². The molecular formula is C27H34O14. The number of hydrogen-bond acceptors (Lipinski definition) is 14. The van der Waals surface area contributed by atoms with E-state index in [1.54, 1.807) is 12.1 Å². The third kappa shape index (κ3) is 8.48. The first kappa shape index (κ1) is 32.0. The number of methoxy groups -OCH3 is 1. The summed E-state index contributed by atoms with van der Waals surface area (Å²) in [5, 5.41) is 49.5. The van der Waals surface area contributed by atoms with Gasteiger partial charge in [0.05, 0.1) is 38.6 Å². The molecule has 7 atom stereocenters. The van der Waals surface area contributed by atoms with E-state index in [2.05, 4.69) is 0 Å². The summed E-state index contributed by atoms with van der Waals surface area (Å²) in [7, 11) is 1.13. The molecule has 1 fully saturated rings. The van der Waals surface area contributed by atoms with Crippen molar-refractivity contribution in [1.29, 1.82) is 0 Å². The zero-order valence-corrected chi connectivity index (χ0v) is 22.5. The van der Waals surface area contributed by atoms with E-state index in [9.17, 15) is 39.9 Å². The summed E-state index contributed by atoms with van der Waals surface area (Å²) in [6.45, 7) is 0.182. The summed E-state index contributed by atoms with van der Waals surface area (Å²) in [4.78, 5) is 36.8. The van der Waals surface area contributed by atoms with Gasteiger partial charge in [0.2, 0.25) is 6.29 Å². The monoisotopic (exact) mass is 582 g/mol. The number of phenolic OH excluding ortho intramolecular Hbond substituents is 1. The van der Waals surface area contributed by atoms with Crippen molar-refractivity contribution in [2.24, 2.45) is 5.92 Å². The Morgan fingerprint density at radius 3 is 2.37 bits per heavy atom. The average Bonchev–Trinajstić information content (AvgIpc) is 2.95. The van der Waals surface area contributed by atoms with Crippen LogP contribution in [0.3, 0.4) is 0 Å². The summed E-state index contributed by atoms with van der Waals surface area (Å²) < 4.78 is 31.9. The number of aliphatic hydroxyl groups excluding tert-OH is 4. The molecule has 0 aromatic heterocycles. The van der Waals surface area contributed by atoms with Crippen molar-refractivity contribution < 1.29 is 68.3 Å². The van der Waals surface area contributed by atoms with Crippen LogP contribution in [-0.2, 0) is 49.2 Å². The molecule has 3 rings (SSSR count). The highest BCUT2D eigenvalue weighted by atomic mass is 16.8. The van der Waals surface area contributed by atoms with Crippen LogP contribution in [0.5, 0.6) is 5.75 Å². The molecule has 41 heavy (non-hydrogen) atoms. The number of ether oxygens (including phenoxy) is 6. The molecule has 1 saturated heterocycles. The Balaban J connectivity index is 1.82. The molecule has 0 saturated carbocycles. The van der Waals surface area contributed by atoms with Gasteiger partial charge in [-0.25, -0.2) is 4.79 Å². The van der Waals surface area contributed by atoms with Gasteiger partial charge in [-0.05, 0) is 23.8 Å². The second-order valence-electron chi connectivity index (χ2n) is 9.27. The Bertz CT molecular complexity index is 1110. The SMILES string of the molecule is COC(=O)C1=COC(OC2OC(CO)C(O)C(O)C2O)C(=CCOC(C)=O)C1CC(=O)OCCc1ccc(O)cc1. The van der Waals surface area contributed by atoms with Crippen molar-refractivity contribution >= 4 is 17.9 Å². The van der Waals surface area contributed by atoms with Crippen molar-refractivity contribution in [2.45, 2.75) is 56.8 Å². The highest BCUT2D eigenvalue weighted by molar-refractivity contribution is 5.90. The van der Waals surface area contributed by atoms with Crippen LogP contribution in [0.1, 0.15) is 18.9 Å². The van der Waals surface area contributed by atoms with Crippen molar-refractivity contribution in [3.8, 4) is 5.75 Å². The summed E-state index contributed by atoms with van der Waals surface area (Å²) in [6.07, 6.45) is -7.11. The minimum absolute atomic E-state index is 0.00138. The van der Waals surface area contributed by atoms with Gasteiger partial charge >= 0.3 is 17.9 Å². The first-order valence-electron chi connectivity index (χ1n) is 12.7. The quantitative estimate of drug-likeness (QED) is 0.123. The number of benzene rings is 1. The van der Waals surface area contributed by atoms with E-state index in [1.165, 1.54) is 25.1 Å². The second kappa shape index (κ2) is 14.9. The number of hydrogen-bond donors (Lipinski definition) is 5. The van der Waals surface area contributed by atoms with Gasteiger partial charge in [0, 0.05) is 24.8 Å². The fourth-order valence-corrected chi connectivity index (χ4v) is 4.25. The highest BCUT2D eigenvalue weighted by Gasteiger charge is 2.47. The van der Waals surface area contributed by atoms with Crippen molar-refractivity contribution in [2.75, 3.05) is 26.9 Å². The van der Waals surface area contributed by atoms with Gasteiger partial charge in [-0.2, -0.15) is 0 Å². The van der Waals surface area contributed by atoms with Crippen LogP contribution < -0.4 is 0 Å². The molecule has 1 aromatic rings. The summed E-state index contributed by atoms with van der Waals surface area (Å²) in [5.74, 6) is -3.09. The molecule has 0 spiro atoms. The molecule has 14 nitrogen and oxygen atoms in total. The summed E-state index contributed by atoms with van der Waals surface area (Å²) in [5.41, 5.74) is 0.846. The van der Waals surface area contributed by atoms with Crippen molar-refractivity contribution in [3.05, 3.63) is 53.3 Å². The molecule has 14 heteroatoms. The van der Waals surface area contributed by atoms with Crippen LogP contribution in [0.15, 0.2) is 47.7 Å². The maximum Gasteiger partial charge on any atom is 0.337 e. The van der Waals surface area contributed by atoms with Crippen molar-refractivity contribution in [3.63, 3.8) is 0 Å². The lowest BCUT2D eigenvalue weighted by Crippen LogP contribution is -2.60. The number of aliphatic hydroxyl groups is 4.